The number of carbonyl (C=O) groups excluding carboxylic acids is 1. The topological polar surface area (TPSA) is 50.4 Å². The van der Waals surface area contributed by atoms with Crippen LogP contribution in [0.25, 0.3) is 0 Å². The molecule has 1 spiro atoms. The zero-order valence-electron chi connectivity index (χ0n) is 7.22. The second kappa shape index (κ2) is 2.62. The van der Waals surface area contributed by atoms with Gasteiger partial charge in [-0.15, -0.1) is 0 Å². The lowest BCUT2D eigenvalue weighted by molar-refractivity contribution is 0.0828. The maximum Gasteiger partial charge on any atom is 0.314 e. The minimum atomic E-state index is -0.104. The molecule has 1 heterocycles. The molecule has 2 N–H and O–H groups in total. The van der Waals surface area contributed by atoms with Crippen molar-refractivity contribution >= 4 is 6.03 Å². The maximum absolute atomic E-state index is 10.9. The Balaban J connectivity index is 1.83. The molecule has 0 aromatic carbocycles. The van der Waals surface area contributed by atoms with Crippen LogP contribution in [0.2, 0.25) is 0 Å². The summed E-state index contributed by atoms with van der Waals surface area (Å²) in [6.45, 7) is 0.853. The molecule has 2 atom stereocenters. The smallest absolute Gasteiger partial charge is 0.314 e. The minimum absolute atomic E-state index is 0.0203. The van der Waals surface area contributed by atoms with Gasteiger partial charge in [0.2, 0.25) is 0 Å². The molecular weight excluding hydrogens is 156 g/mol. The first kappa shape index (κ1) is 7.86. The molecule has 1 aliphatic carbocycles. The van der Waals surface area contributed by atoms with E-state index in [0.717, 1.165) is 25.9 Å². The second-order valence-electron chi connectivity index (χ2n) is 3.50. The van der Waals surface area contributed by atoms with Gasteiger partial charge in [-0.25, -0.2) is 4.79 Å². The summed E-state index contributed by atoms with van der Waals surface area (Å²) in [5.41, 5.74) is 0.0203. The molecule has 4 heteroatoms. The Labute approximate surface area is 71.7 Å². The summed E-state index contributed by atoms with van der Waals surface area (Å²) in [5, 5.41) is 5.40. The van der Waals surface area contributed by atoms with E-state index in [1.54, 1.807) is 7.05 Å². The molecule has 1 aliphatic heterocycles. The van der Waals surface area contributed by atoms with Gasteiger partial charge in [0.05, 0.1) is 11.6 Å². The van der Waals surface area contributed by atoms with Crippen molar-refractivity contribution in [2.75, 3.05) is 13.7 Å². The van der Waals surface area contributed by atoms with Gasteiger partial charge in [0.15, 0.2) is 0 Å². The van der Waals surface area contributed by atoms with E-state index in [2.05, 4.69) is 10.6 Å². The summed E-state index contributed by atoms with van der Waals surface area (Å²) >= 11 is 0. The van der Waals surface area contributed by atoms with Crippen LogP contribution in [-0.4, -0.2) is 31.3 Å². The van der Waals surface area contributed by atoms with Crippen LogP contribution in [0.1, 0.15) is 19.3 Å². The largest absolute Gasteiger partial charge is 0.373 e. The third-order valence-corrected chi connectivity index (χ3v) is 2.69. The van der Waals surface area contributed by atoms with E-state index < -0.39 is 0 Å². The third kappa shape index (κ3) is 1.16. The van der Waals surface area contributed by atoms with Crippen molar-refractivity contribution in [1.29, 1.82) is 0 Å². The van der Waals surface area contributed by atoms with Gasteiger partial charge in [-0.2, -0.15) is 0 Å². The van der Waals surface area contributed by atoms with Crippen molar-refractivity contribution < 1.29 is 9.53 Å². The lowest BCUT2D eigenvalue weighted by Gasteiger charge is -2.09. The number of nitrogens with one attached hydrogen (secondary N) is 2. The van der Waals surface area contributed by atoms with Gasteiger partial charge < -0.3 is 15.4 Å². The van der Waals surface area contributed by atoms with E-state index in [9.17, 15) is 4.79 Å². The lowest BCUT2D eigenvalue weighted by Crippen LogP contribution is -2.37. The predicted octanol–water partition coefficient (Wildman–Crippen LogP) is 0.237. The van der Waals surface area contributed by atoms with E-state index in [1.807, 2.05) is 0 Å². The van der Waals surface area contributed by atoms with Crippen molar-refractivity contribution in [2.24, 2.45) is 0 Å². The third-order valence-electron chi connectivity index (χ3n) is 2.69. The summed E-state index contributed by atoms with van der Waals surface area (Å²) in [6.07, 6.45) is 3.22. The zero-order valence-corrected chi connectivity index (χ0v) is 7.22. The van der Waals surface area contributed by atoms with Crippen LogP contribution in [0, 0.1) is 0 Å². The van der Waals surface area contributed by atoms with Crippen molar-refractivity contribution in [1.82, 2.24) is 10.6 Å². The molecule has 2 amide bonds. The molecular formula is C8H14N2O2. The van der Waals surface area contributed by atoms with Crippen molar-refractivity contribution in [2.45, 2.75) is 30.9 Å². The monoisotopic (exact) mass is 170 g/mol. The van der Waals surface area contributed by atoms with Crippen molar-refractivity contribution in [3.63, 3.8) is 0 Å². The first-order chi connectivity index (χ1) is 5.77. The van der Waals surface area contributed by atoms with Crippen LogP contribution in [0.3, 0.4) is 0 Å². The number of carbonyl (C=O) groups is 1. The zero-order chi connectivity index (χ0) is 8.60. The molecule has 1 saturated heterocycles. The molecule has 2 aliphatic rings. The van der Waals surface area contributed by atoms with E-state index in [0.29, 0.717) is 0 Å². The first-order valence-electron chi connectivity index (χ1n) is 4.39. The van der Waals surface area contributed by atoms with Gasteiger partial charge in [-0.3, -0.25) is 0 Å². The quantitative estimate of drug-likeness (QED) is 0.592. The Bertz CT molecular complexity index is 199. The van der Waals surface area contributed by atoms with Crippen molar-refractivity contribution in [3.05, 3.63) is 0 Å². The molecule has 0 aromatic heterocycles. The van der Waals surface area contributed by atoms with E-state index in [1.165, 1.54) is 0 Å². The molecule has 4 nitrogen and oxygen atoms in total. The van der Waals surface area contributed by atoms with E-state index in [-0.39, 0.29) is 17.7 Å². The highest BCUT2D eigenvalue weighted by molar-refractivity contribution is 5.74. The van der Waals surface area contributed by atoms with Crippen LogP contribution < -0.4 is 10.6 Å². The van der Waals surface area contributed by atoms with Crippen LogP contribution in [0.5, 0.6) is 0 Å². The molecule has 0 radical (unpaired) electrons. The highest BCUT2D eigenvalue weighted by atomic mass is 16.5. The minimum Gasteiger partial charge on any atom is -0.373 e. The molecule has 12 heavy (non-hydrogen) atoms. The average molecular weight is 170 g/mol. The summed E-state index contributed by atoms with van der Waals surface area (Å²) < 4.78 is 5.57. The Morgan fingerprint density at radius 3 is 3.08 bits per heavy atom. The lowest BCUT2D eigenvalue weighted by atomic mass is 10.2. The molecule has 0 bridgehead atoms. The fraction of sp³-hybridized carbons (Fsp3) is 0.875. The summed E-state index contributed by atoms with van der Waals surface area (Å²) in [5.74, 6) is 0. The van der Waals surface area contributed by atoms with Gasteiger partial charge in [0.25, 0.3) is 0 Å². The van der Waals surface area contributed by atoms with Crippen LogP contribution >= 0.6 is 0 Å². The molecule has 2 fully saturated rings. The highest BCUT2D eigenvalue weighted by Gasteiger charge is 2.57. The van der Waals surface area contributed by atoms with Gasteiger partial charge in [-0.1, -0.05) is 0 Å². The van der Waals surface area contributed by atoms with Gasteiger partial charge >= 0.3 is 6.03 Å². The predicted molar refractivity (Wildman–Crippen MR) is 43.9 cm³/mol. The average Bonchev–Trinajstić information content (AvgIpc) is 2.51. The van der Waals surface area contributed by atoms with Crippen molar-refractivity contribution in [3.8, 4) is 0 Å². The fourth-order valence-corrected chi connectivity index (χ4v) is 1.85. The highest BCUT2D eigenvalue weighted by Crippen LogP contribution is 2.47. The summed E-state index contributed by atoms with van der Waals surface area (Å²) in [4.78, 5) is 10.9. The van der Waals surface area contributed by atoms with Crippen LogP contribution in [-0.2, 0) is 4.74 Å². The molecule has 68 valence electrons. The standard InChI is InChI=1S/C8H14N2O2/c1-9-7(11)10-6-5-8(6)3-2-4-12-8/h6H,2-5H2,1H3,(H2,9,10,11). The van der Waals surface area contributed by atoms with Gasteiger partial charge in [0, 0.05) is 20.1 Å². The van der Waals surface area contributed by atoms with Crippen LogP contribution in [0.15, 0.2) is 0 Å². The number of hydrogen-bond donors (Lipinski definition) is 2. The number of rotatable bonds is 1. The molecule has 0 aromatic rings. The Kier molecular flexibility index (Phi) is 1.72. The summed E-state index contributed by atoms with van der Waals surface area (Å²) in [7, 11) is 1.62. The van der Waals surface area contributed by atoms with E-state index >= 15 is 0 Å². The Hall–Kier alpha value is -0.770. The Morgan fingerprint density at radius 2 is 2.50 bits per heavy atom. The number of amides is 2. The molecule has 2 rings (SSSR count). The maximum atomic E-state index is 10.9. The number of ether oxygens (including phenoxy) is 1. The van der Waals surface area contributed by atoms with Gasteiger partial charge in [0.1, 0.15) is 0 Å². The van der Waals surface area contributed by atoms with Crippen LogP contribution in [0.4, 0.5) is 4.79 Å². The Morgan fingerprint density at radius 1 is 1.67 bits per heavy atom. The van der Waals surface area contributed by atoms with Gasteiger partial charge in [-0.05, 0) is 12.8 Å². The number of urea groups is 1. The van der Waals surface area contributed by atoms with E-state index in [4.69, 9.17) is 4.74 Å². The SMILES string of the molecule is CNC(=O)NC1CC12CCCO2. The molecule has 1 saturated carbocycles. The number of hydrogen-bond acceptors (Lipinski definition) is 2. The fourth-order valence-electron chi connectivity index (χ4n) is 1.85. The summed E-state index contributed by atoms with van der Waals surface area (Å²) in [6, 6.07) is 0.146. The second-order valence-corrected chi connectivity index (χ2v) is 3.50. The molecule has 2 unspecified atom stereocenters. The first-order valence-corrected chi connectivity index (χ1v) is 4.39. The normalized spacial score (nSPS) is 38.2.